The summed E-state index contributed by atoms with van der Waals surface area (Å²) in [5, 5.41) is 4.93. The highest BCUT2D eigenvalue weighted by Crippen LogP contribution is 2.29. The lowest BCUT2D eigenvalue weighted by molar-refractivity contribution is -0.120. The summed E-state index contributed by atoms with van der Waals surface area (Å²) in [6.45, 7) is 2.14. The van der Waals surface area contributed by atoms with Crippen LogP contribution in [0.5, 0.6) is 11.5 Å². The van der Waals surface area contributed by atoms with Gasteiger partial charge in [0.05, 0.1) is 14.2 Å². The number of anilines is 1. The van der Waals surface area contributed by atoms with E-state index in [1.807, 2.05) is 0 Å². The van der Waals surface area contributed by atoms with Crippen LogP contribution in [-0.4, -0.2) is 26.2 Å². The van der Waals surface area contributed by atoms with Crippen LogP contribution in [-0.2, 0) is 4.79 Å². The van der Waals surface area contributed by atoms with E-state index in [0.29, 0.717) is 23.6 Å². The maximum atomic E-state index is 11.8. The number of imide groups is 1. The number of methoxy groups -OCH3 is 2. The Bertz CT molecular complexity index is 517. The second-order valence-corrected chi connectivity index (χ2v) is 5.24. The molecule has 0 saturated heterocycles. The third-order valence-electron chi connectivity index (χ3n) is 3.40. The fraction of sp³-hybridized carbons (Fsp3) is 0.529. The summed E-state index contributed by atoms with van der Waals surface area (Å²) in [4.78, 5) is 23.5. The topological polar surface area (TPSA) is 76.7 Å². The molecular weight excluding hydrogens is 296 g/mol. The molecule has 3 amide bonds. The summed E-state index contributed by atoms with van der Waals surface area (Å²) in [6.07, 6.45) is 5.65. The lowest BCUT2D eigenvalue weighted by Crippen LogP contribution is -2.34. The van der Waals surface area contributed by atoms with Crippen LogP contribution in [0.3, 0.4) is 0 Å². The third-order valence-corrected chi connectivity index (χ3v) is 3.40. The van der Waals surface area contributed by atoms with Crippen molar-refractivity contribution in [1.29, 1.82) is 0 Å². The van der Waals surface area contributed by atoms with Crippen molar-refractivity contribution in [3.05, 3.63) is 18.2 Å². The number of carbonyl (C=O) groups is 2. The molecule has 0 heterocycles. The Kier molecular flexibility index (Phi) is 8.57. The van der Waals surface area contributed by atoms with Crippen LogP contribution in [0.1, 0.15) is 45.4 Å². The number of rotatable bonds is 9. The van der Waals surface area contributed by atoms with Gasteiger partial charge in [0.1, 0.15) is 0 Å². The molecule has 6 heteroatoms. The Morgan fingerprint density at radius 1 is 1.00 bits per heavy atom. The normalized spacial score (nSPS) is 10.0. The van der Waals surface area contributed by atoms with Gasteiger partial charge in [-0.2, -0.15) is 0 Å². The molecule has 2 N–H and O–H groups in total. The Labute approximate surface area is 137 Å². The maximum Gasteiger partial charge on any atom is 0.325 e. The predicted molar refractivity (Wildman–Crippen MR) is 90.1 cm³/mol. The lowest BCUT2D eigenvalue weighted by atomic mass is 10.1. The first-order valence-electron chi connectivity index (χ1n) is 7.93. The summed E-state index contributed by atoms with van der Waals surface area (Å²) >= 11 is 0. The van der Waals surface area contributed by atoms with Gasteiger partial charge in [-0.15, -0.1) is 0 Å². The molecule has 0 bridgehead atoms. The molecule has 0 aliphatic heterocycles. The minimum Gasteiger partial charge on any atom is -0.493 e. The smallest absolute Gasteiger partial charge is 0.325 e. The van der Waals surface area contributed by atoms with E-state index in [2.05, 4.69) is 17.6 Å². The lowest BCUT2D eigenvalue weighted by Gasteiger charge is -2.11. The van der Waals surface area contributed by atoms with Gasteiger partial charge >= 0.3 is 6.03 Å². The molecule has 6 nitrogen and oxygen atoms in total. The number of unbranched alkanes of at least 4 members (excludes halogenated alkanes) is 4. The van der Waals surface area contributed by atoms with Crippen molar-refractivity contribution in [1.82, 2.24) is 5.32 Å². The molecule has 0 saturated carbocycles. The van der Waals surface area contributed by atoms with Crippen molar-refractivity contribution >= 4 is 17.6 Å². The second kappa shape index (κ2) is 10.5. The summed E-state index contributed by atoms with van der Waals surface area (Å²) in [5.41, 5.74) is 0.524. The summed E-state index contributed by atoms with van der Waals surface area (Å²) in [5.74, 6) is 0.814. The molecule has 0 atom stereocenters. The minimum atomic E-state index is -0.546. The first-order chi connectivity index (χ1) is 11.1. The number of carbonyl (C=O) groups excluding carboxylic acids is 2. The molecule has 0 fully saturated rings. The van der Waals surface area contributed by atoms with E-state index in [1.165, 1.54) is 27.1 Å². The van der Waals surface area contributed by atoms with Gasteiger partial charge in [-0.1, -0.05) is 32.6 Å². The average Bonchev–Trinajstić information content (AvgIpc) is 2.54. The number of hydrogen-bond donors (Lipinski definition) is 2. The molecule has 0 unspecified atom stereocenters. The zero-order valence-corrected chi connectivity index (χ0v) is 14.1. The van der Waals surface area contributed by atoms with Gasteiger partial charge in [-0.3, -0.25) is 10.1 Å². The molecular formula is C17H26N2O4. The number of hydrogen-bond acceptors (Lipinski definition) is 4. The van der Waals surface area contributed by atoms with E-state index in [4.69, 9.17) is 9.47 Å². The predicted octanol–water partition coefficient (Wildman–Crippen LogP) is 3.71. The van der Waals surface area contributed by atoms with Crippen molar-refractivity contribution in [2.45, 2.75) is 45.4 Å². The van der Waals surface area contributed by atoms with Gasteiger partial charge in [0, 0.05) is 18.2 Å². The van der Waals surface area contributed by atoms with E-state index in [0.717, 1.165) is 19.3 Å². The largest absolute Gasteiger partial charge is 0.493 e. The molecule has 0 aromatic heterocycles. The van der Waals surface area contributed by atoms with Crippen LogP contribution in [0.2, 0.25) is 0 Å². The van der Waals surface area contributed by atoms with E-state index in [9.17, 15) is 9.59 Å². The Balaban J connectivity index is 2.39. The monoisotopic (exact) mass is 322 g/mol. The Morgan fingerprint density at radius 3 is 2.35 bits per heavy atom. The molecule has 128 valence electrons. The second-order valence-electron chi connectivity index (χ2n) is 5.24. The third kappa shape index (κ3) is 7.04. The molecule has 1 rings (SSSR count). The number of nitrogens with one attached hydrogen (secondary N) is 2. The van der Waals surface area contributed by atoms with Gasteiger partial charge in [0.15, 0.2) is 11.5 Å². The average molecular weight is 322 g/mol. The summed E-state index contributed by atoms with van der Waals surface area (Å²) in [6, 6.07) is 4.45. The van der Waals surface area contributed by atoms with Gasteiger partial charge in [-0.25, -0.2) is 4.79 Å². The van der Waals surface area contributed by atoms with E-state index < -0.39 is 6.03 Å². The molecule has 1 aromatic carbocycles. The van der Waals surface area contributed by atoms with Crippen molar-refractivity contribution in [3.63, 3.8) is 0 Å². The highest BCUT2D eigenvalue weighted by atomic mass is 16.5. The Morgan fingerprint density at radius 2 is 1.70 bits per heavy atom. The SMILES string of the molecule is CCCCCCCC(=O)NC(=O)Nc1ccc(OC)c(OC)c1. The van der Waals surface area contributed by atoms with E-state index in [-0.39, 0.29) is 5.91 Å². The standard InChI is InChI=1S/C17H26N2O4/c1-4-5-6-7-8-9-16(20)19-17(21)18-13-10-11-14(22-2)15(12-13)23-3/h10-12H,4-9H2,1-3H3,(H2,18,19,20,21). The molecule has 0 aliphatic carbocycles. The minimum absolute atomic E-state index is 0.264. The fourth-order valence-electron chi connectivity index (χ4n) is 2.15. The quantitative estimate of drug-likeness (QED) is 0.679. The summed E-state index contributed by atoms with van der Waals surface area (Å²) in [7, 11) is 3.06. The zero-order chi connectivity index (χ0) is 17.1. The van der Waals surface area contributed by atoms with E-state index in [1.54, 1.807) is 18.2 Å². The summed E-state index contributed by atoms with van der Waals surface area (Å²) < 4.78 is 10.3. The number of ether oxygens (including phenoxy) is 2. The van der Waals surface area contributed by atoms with Crippen molar-refractivity contribution in [3.8, 4) is 11.5 Å². The molecule has 0 spiro atoms. The van der Waals surface area contributed by atoms with E-state index >= 15 is 0 Å². The Hall–Kier alpha value is -2.24. The van der Waals surface area contributed by atoms with Crippen LogP contribution in [0.25, 0.3) is 0 Å². The molecule has 0 radical (unpaired) electrons. The molecule has 1 aromatic rings. The first kappa shape index (κ1) is 18.8. The van der Waals surface area contributed by atoms with Crippen molar-refractivity contribution < 1.29 is 19.1 Å². The van der Waals surface area contributed by atoms with Crippen molar-refractivity contribution in [2.24, 2.45) is 0 Å². The number of urea groups is 1. The van der Waals surface area contributed by atoms with Gasteiger partial charge in [-0.05, 0) is 18.6 Å². The van der Waals surface area contributed by atoms with Crippen LogP contribution in [0.4, 0.5) is 10.5 Å². The van der Waals surface area contributed by atoms with Crippen LogP contribution in [0, 0.1) is 0 Å². The highest BCUT2D eigenvalue weighted by molar-refractivity contribution is 6.01. The maximum absolute atomic E-state index is 11.8. The number of benzene rings is 1. The van der Waals surface area contributed by atoms with Crippen LogP contribution >= 0.6 is 0 Å². The molecule has 23 heavy (non-hydrogen) atoms. The van der Waals surface area contributed by atoms with Gasteiger partial charge in [0.2, 0.25) is 5.91 Å². The highest BCUT2D eigenvalue weighted by Gasteiger charge is 2.10. The first-order valence-corrected chi connectivity index (χ1v) is 7.93. The zero-order valence-electron chi connectivity index (χ0n) is 14.1. The van der Waals surface area contributed by atoms with Gasteiger partial charge in [0.25, 0.3) is 0 Å². The molecule has 0 aliphatic rings. The van der Waals surface area contributed by atoms with Crippen LogP contribution in [0.15, 0.2) is 18.2 Å². The van der Waals surface area contributed by atoms with Gasteiger partial charge < -0.3 is 14.8 Å². The number of amides is 3. The fourth-order valence-corrected chi connectivity index (χ4v) is 2.15. The van der Waals surface area contributed by atoms with Crippen LogP contribution < -0.4 is 20.1 Å². The van der Waals surface area contributed by atoms with Crippen molar-refractivity contribution in [2.75, 3.05) is 19.5 Å².